The summed E-state index contributed by atoms with van der Waals surface area (Å²) in [6, 6.07) is 20.2. The number of rotatable bonds is 6. The Labute approximate surface area is 160 Å². The Kier molecular flexibility index (Phi) is 5.71. The standard InChI is InChI=1S/C22H25N4O/c1-17(18-13-15-25(2)16-14-18)24-26(3)21-9-5-19(6-10-21)23-20-7-11-22(27-4)12-8-20/h5-16,23H,1-4H3/q+1. The Morgan fingerprint density at radius 1 is 0.926 bits per heavy atom. The number of benzene rings is 2. The first-order chi connectivity index (χ1) is 13.0. The first kappa shape index (κ1) is 18.5. The number of anilines is 3. The summed E-state index contributed by atoms with van der Waals surface area (Å²) in [4.78, 5) is 0. The summed E-state index contributed by atoms with van der Waals surface area (Å²) in [5, 5.41) is 9.96. The zero-order chi connectivity index (χ0) is 19.2. The van der Waals surface area contributed by atoms with Crippen LogP contribution in [0.15, 0.2) is 78.2 Å². The molecule has 1 heterocycles. The SMILES string of the molecule is COc1ccc(Nc2ccc(N(C)N=C(C)c3cc[n+](C)cc3)cc2)cc1. The van der Waals surface area contributed by atoms with E-state index < -0.39 is 0 Å². The van der Waals surface area contributed by atoms with Gasteiger partial charge in [0.15, 0.2) is 12.4 Å². The molecule has 1 N–H and O–H groups in total. The van der Waals surface area contributed by atoms with Crippen LogP contribution in [0, 0.1) is 0 Å². The molecule has 0 saturated heterocycles. The first-order valence-corrected chi connectivity index (χ1v) is 8.81. The van der Waals surface area contributed by atoms with Crippen LogP contribution < -0.4 is 19.6 Å². The second-order valence-electron chi connectivity index (χ2n) is 6.36. The monoisotopic (exact) mass is 361 g/mol. The third kappa shape index (κ3) is 4.85. The molecular formula is C22H25N4O+. The van der Waals surface area contributed by atoms with Crippen molar-refractivity contribution < 1.29 is 9.30 Å². The van der Waals surface area contributed by atoms with Crippen molar-refractivity contribution in [3.63, 3.8) is 0 Å². The highest BCUT2D eigenvalue weighted by Crippen LogP contribution is 2.22. The average Bonchev–Trinajstić information content (AvgIpc) is 2.69. The molecular weight excluding hydrogens is 336 g/mol. The normalized spacial score (nSPS) is 11.2. The van der Waals surface area contributed by atoms with E-state index in [1.807, 2.05) is 91.5 Å². The highest BCUT2D eigenvalue weighted by molar-refractivity contribution is 5.98. The summed E-state index contributed by atoms with van der Waals surface area (Å²) >= 11 is 0. The molecule has 0 aliphatic heterocycles. The van der Waals surface area contributed by atoms with Gasteiger partial charge in [-0.3, -0.25) is 5.01 Å². The quantitative estimate of drug-likeness (QED) is 0.408. The van der Waals surface area contributed by atoms with Gasteiger partial charge in [0.2, 0.25) is 0 Å². The summed E-state index contributed by atoms with van der Waals surface area (Å²) in [5.74, 6) is 0.845. The van der Waals surface area contributed by atoms with E-state index in [2.05, 4.69) is 22.6 Å². The number of pyridine rings is 1. The molecule has 0 fully saturated rings. The van der Waals surface area contributed by atoms with Crippen molar-refractivity contribution in [2.45, 2.75) is 6.92 Å². The number of ether oxygens (including phenoxy) is 1. The molecule has 0 spiro atoms. The first-order valence-electron chi connectivity index (χ1n) is 8.81. The van der Waals surface area contributed by atoms with Gasteiger partial charge in [-0.15, -0.1) is 0 Å². The van der Waals surface area contributed by atoms with Crippen LogP contribution in [0.1, 0.15) is 12.5 Å². The predicted molar refractivity (Wildman–Crippen MR) is 111 cm³/mol. The van der Waals surface area contributed by atoms with Crippen LogP contribution in [0.2, 0.25) is 0 Å². The lowest BCUT2D eigenvalue weighted by Gasteiger charge is -2.15. The molecule has 3 rings (SSSR count). The molecule has 0 atom stereocenters. The molecule has 27 heavy (non-hydrogen) atoms. The molecule has 0 bridgehead atoms. The van der Waals surface area contributed by atoms with E-state index in [0.29, 0.717) is 0 Å². The fourth-order valence-corrected chi connectivity index (χ4v) is 2.68. The molecule has 5 heteroatoms. The molecule has 0 radical (unpaired) electrons. The second kappa shape index (κ2) is 8.36. The van der Waals surface area contributed by atoms with Gasteiger partial charge in [-0.25, -0.2) is 4.57 Å². The lowest BCUT2D eigenvalue weighted by atomic mass is 10.2. The average molecular weight is 361 g/mol. The minimum Gasteiger partial charge on any atom is -0.497 e. The largest absolute Gasteiger partial charge is 0.497 e. The molecule has 5 nitrogen and oxygen atoms in total. The molecule has 2 aromatic carbocycles. The third-order valence-corrected chi connectivity index (χ3v) is 4.32. The van der Waals surface area contributed by atoms with Gasteiger partial charge in [0.1, 0.15) is 12.8 Å². The maximum Gasteiger partial charge on any atom is 0.169 e. The number of aromatic nitrogens is 1. The van der Waals surface area contributed by atoms with E-state index in [0.717, 1.165) is 34.1 Å². The fraction of sp³-hybridized carbons (Fsp3) is 0.182. The van der Waals surface area contributed by atoms with E-state index in [1.165, 1.54) is 0 Å². The van der Waals surface area contributed by atoms with E-state index in [-0.39, 0.29) is 0 Å². The van der Waals surface area contributed by atoms with Gasteiger partial charge in [0.05, 0.1) is 18.5 Å². The van der Waals surface area contributed by atoms with E-state index >= 15 is 0 Å². The Bertz CT molecular complexity index is 901. The molecule has 0 aliphatic carbocycles. The maximum absolute atomic E-state index is 5.18. The third-order valence-electron chi connectivity index (χ3n) is 4.32. The number of methoxy groups -OCH3 is 1. The van der Waals surface area contributed by atoms with E-state index in [9.17, 15) is 0 Å². The van der Waals surface area contributed by atoms with Gasteiger partial charge in [-0.2, -0.15) is 5.10 Å². The summed E-state index contributed by atoms with van der Waals surface area (Å²) in [6.07, 6.45) is 4.04. The molecule has 0 unspecified atom stereocenters. The summed E-state index contributed by atoms with van der Waals surface area (Å²) in [6.45, 7) is 2.02. The van der Waals surface area contributed by atoms with Gasteiger partial charge >= 0.3 is 0 Å². The fourth-order valence-electron chi connectivity index (χ4n) is 2.68. The number of nitrogens with zero attached hydrogens (tertiary/aromatic N) is 3. The van der Waals surface area contributed by atoms with Crippen molar-refractivity contribution in [1.82, 2.24) is 0 Å². The van der Waals surface area contributed by atoms with Gasteiger partial charge in [-0.05, 0) is 55.5 Å². The van der Waals surface area contributed by atoms with Gasteiger partial charge in [0.25, 0.3) is 0 Å². The molecule has 3 aromatic rings. The number of hydrazone groups is 1. The van der Waals surface area contributed by atoms with Crippen molar-refractivity contribution in [3.8, 4) is 5.75 Å². The number of nitrogens with one attached hydrogen (secondary N) is 1. The Morgan fingerprint density at radius 3 is 2.04 bits per heavy atom. The minimum atomic E-state index is 0.845. The second-order valence-corrected chi connectivity index (χ2v) is 6.36. The number of aryl methyl sites for hydroxylation is 1. The van der Waals surface area contributed by atoms with Crippen molar-refractivity contribution in [2.75, 3.05) is 24.5 Å². The summed E-state index contributed by atoms with van der Waals surface area (Å²) < 4.78 is 7.19. The van der Waals surface area contributed by atoms with Crippen LogP contribution in [0.5, 0.6) is 5.75 Å². The maximum atomic E-state index is 5.18. The zero-order valence-electron chi connectivity index (χ0n) is 16.2. The van der Waals surface area contributed by atoms with Crippen molar-refractivity contribution in [2.24, 2.45) is 12.1 Å². The zero-order valence-corrected chi connectivity index (χ0v) is 16.2. The number of hydrogen-bond acceptors (Lipinski definition) is 4. The summed E-state index contributed by atoms with van der Waals surface area (Å²) in [5.41, 5.74) is 5.14. The lowest BCUT2D eigenvalue weighted by Crippen LogP contribution is -2.26. The Hall–Kier alpha value is -3.34. The van der Waals surface area contributed by atoms with Crippen molar-refractivity contribution >= 4 is 22.8 Å². The van der Waals surface area contributed by atoms with Gasteiger partial charge in [0, 0.05) is 36.1 Å². The van der Waals surface area contributed by atoms with Crippen LogP contribution in [0.3, 0.4) is 0 Å². The molecule has 1 aromatic heterocycles. The molecule has 138 valence electrons. The van der Waals surface area contributed by atoms with Crippen LogP contribution in [0.4, 0.5) is 17.1 Å². The molecule has 0 saturated carbocycles. The van der Waals surface area contributed by atoms with E-state index in [4.69, 9.17) is 4.74 Å². The Morgan fingerprint density at radius 2 is 1.48 bits per heavy atom. The highest BCUT2D eigenvalue weighted by atomic mass is 16.5. The lowest BCUT2D eigenvalue weighted by molar-refractivity contribution is -0.671. The smallest absolute Gasteiger partial charge is 0.169 e. The summed E-state index contributed by atoms with van der Waals surface area (Å²) in [7, 11) is 5.63. The van der Waals surface area contributed by atoms with Gasteiger partial charge < -0.3 is 10.1 Å². The molecule has 0 aliphatic rings. The van der Waals surface area contributed by atoms with Gasteiger partial charge in [-0.1, -0.05) is 0 Å². The topological polar surface area (TPSA) is 40.7 Å². The minimum absolute atomic E-state index is 0.845. The Balaban J connectivity index is 1.68. The highest BCUT2D eigenvalue weighted by Gasteiger charge is 2.04. The number of hydrogen-bond donors (Lipinski definition) is 1. The van der Waals surface area contributed by atoms with Crippen LogP contribution in [0.25, 0.3) is 0 Å². The van der Waals surface area contributed by atoms with Crippen LogP contribution in [-0.4, -0.2) is 19.9 Å². The van der Waals surface area contributed by atoms with E-state index in [1.54, 1.807) is 7.11 Å². The van der Waals surface area contributed by atoms with Crippen LogP contribution >= 0.6 is 0 Å². The van der Waals surface area contributed by atoms with Crippen molar-refractivity contribution in [3.05, 3.63) is 78.6 Å². The van der Waals surface area contributed by atoms with Crippen LogP contribution in [-0.2, 0) is 7.05 Å². The molecule has 0 amide bonds. The predicted octanol–water partition coefficient (Wildman–Crippen LogP) is 4.12. The van der Waals surface area contributed by atoms with Crippen molar-refractivity contribution in [1.29, 1.82) is 0 Å².